The predicted molar refractivity (Wildman–Crippen MR) is 122 cm³/mol. The zero-order chi connectivity index (χ0) is 22.6. The van der Waals surface area contributed by atoms with Crippen molar-refractivity contribution in [2.45, 2.75) is 25.2 Å². The Morgan fingerprint density at radius 2 is 1.97 bits per heavy atom. The van der Waals surface area contributed by atoms with Crippen molar-refractivity contribution in [2.24, 2.45) is 5.41 Å². The van der Waals surface area contributed by atoms with Crippen LogP contribution in [0.15, 0.2) is 42.5 Å². The van der Waals surface area contributed by atoms with Crippen molar-refractivity contribution in [1.29, 1.82) is 0 Å². The Bertz CT molecular complexity index is 1050. The summed E-state index contributed by atoms with van der Waals surface area (Å²) in [6.45, 7) is 1.09. The highest BCUT2D eigenvalue weighted by Crippen LogP contribution is 2.43. The molecule has 0 aliphatic carbocycles. The minimum atomic E-state index is -4.10. The number of hydrogen-bond acceptors (Lipinski definition) is 5. The van der Waals surface area contributed by atoms with Gasteiger partial charge in [0.05, 0.1) is 28.8 Å². The molecule has 1 aliphatic heterocycles. The van der Waals surface area contributed by atoms with E-state index in [1.165, 1.54) is 0 Å². The number of rotatable bonds is 9. The molecule has 1 aliphatic rings. The van der Waals surface area contributed by atoms with E-state index in [0.29, 0.717) is 52.9 Å². The zero-order valence-electron chi connectivity index (χ0n) is 17.1. The first-order chi connectivity index (χ1) is 14.7. The van der Waals surface area contributed by atoms with E-state index < -0.39 is 21.5 Å². The van der Waals surface area contributed by atoms with Crippen LogP contribution in [0.1, 0.15) is 36.3 Å². The summed E-state index contributed by atoms with van der Waals surface area (Å²) in [5, 5.41) is 3.97. The Balaban J connectivity index is 2.06. The van der Waals surface area contributed by atoms with Crippen LogP contribution in [0.5, 0.6) is 5.75 Å². The molecule has 2 atom stereocenters. The molecule has 168 valence electrons. The van der Waals surface area contributed by atoms with Crippen LogP contribution in [0, 0.1) is 5.41 Å². The van der Waals surface area contributed by atoms with Crippen molar-refractivity contribution in [3.63, 3.8) is 0 Å². The van der Waals surface area contributed by atoms with Crippen LogP contribution < -0.4 is 10.1 Å². The number of nitrogens with one attached hydrogen (secondary N) is 1. The lowest BCUT2D eigenvalue weighted by molar-refractivity contribution is -0.129. The van der Waals surface area contributed by atoms with Crippen LogP contribution >= 0.6 is 23.2 Å². The van der Waals surface area contributed by atoms with E-state index in [2.05, 4.69) is 5.32 Å². The van der Waals surface area contributed by atoms with Crippen molar-refractivity contribution in [1.82, 2.24) is 5.32 Å². The minimum absolute atomic E-state index is 0.0456. The molecule has 0 radical (unpaired) electrons. The summed E-state index contributed by atoms with van der Waals surface area (Å²) in [4.78, 5) is 14.1. The van der Waals surface area contributed by atoms with E-state index in [9.17, 15) is 13.2 Å². The third-order valence-electron chi connectivity index (χ3n) is 5.81. The van der Waals surface area contributed by atoms with Crippen LogP contribution in [0.3, 0.4) is 0 Å². The zero-order valence-corrected chi connectivity index (χ0v) is 19.4. The van der Waals surface area contributed by atoms with Crippen molar-refractivity contribution in [3.8, 4) is 5.75 Å². The predicted octanol–water partition coefficient (Wildman–Crippen LogP) is 4.35. The molecule has 2 N–H and O–H groups in total. The van der Waals surface area contributed by atoms with Gasteiger partial charge in [0.25, 0.3) is 10.1 Å². The fourth-order valence-electron chi connectivity index (χ4n) is 4.26. The second-order valence-corrected chi connectivity index (χ2v) is 10.2. The van der Waals surface area contributed by atoms with Gasteiger partial charge < -0.3 is 10.1 Å². The van der Waals surface area contributed by atoms with Crippen molar-refractivity contribution in [2.75, 3.05) is 26.0 Å². The minimum Gasteiger partial charge on any atom is -0.496 e. The molecule has 6 nitrogen and oxygen atoms in total. The largest absolute Gasteiger partial charge is 0.496 e. The van der Waals surface area contributed by atoms with E-state index in [1.807, 2.05) is 18.2 Å². The van der Waals surface area contributed by atoms with Gasteiger partial charge in [-0.25, -0.2) is 0 Å². The summed E-state index contributed by atoms with van der Waals surface area (Å²) < 4.78 is 37.1. The fourth-order valence-corrected chi connectivity index (χ4v) is 5.07. The van der Waals surface area contributed by atoms with Crippen LogP contribution in [-0.2, 0) is 14.9 Å². The maximum Gasteiger partial charge on any atom is 0.264 e. The van der Waals surface area contributed by atoms with Gasteiger partial charge in [0, 0.05) is 17.5 Å². The summed E-state index contributed by atoms with van der Waals surface area (Å²) in [7, 11) is -2.55. The lowest BCUT2D eigenvalue weighted by Gasteiger charge is -2.32. The third-order valence-corrected chi connectivity index (χ3v) is 7.36. The van der Waals surface area contributed by atoms with Crippen molar-refractivity contribution < 1.29 is 22.5 Å². The number of Topliss-reactive ketones (excluding diaryl/α,β-unsaturated/α-hetero) is 1. The maximum atomic E-state index is 14.1. The first-order valence-electron chi connectivity index (χ1n) is 9.95. The third kappa shape index (κ3) is 5.59. The average Bonchev–Trinajstić information content (AvgIpc) is 3.20. The highest BCUT2D eigenvalue weighted by Gasteiger charge is 2.45. The number of benzene rings is 2. The van der Waals surface area contributed by atoms with E-state index in [0.717, 1.165) is 0 Å². The molecule has 0 saturated carbocycles. The Morgan fingerprint density at radius 1 is 1.23 bits per heavy atom. The van der Waals surface area contributed by atoms with E-state index in [-0.39, 0.29) is 18.0 Å². The number of halogens is 2. The summed E-state index contributed by atoms with van der Waals surface area (Å²) in [6.07, 6.45) is 1.10. The van der Waals surface area contributed by atoms with E-state index >= 15 is 0 Å². The van der Waals surface area contributed by atoms with Gasteiger partial charge in [0.2, 0.25) is 0 Å². The van der Waals surface area contributed by atoms with Crippen LogP contribution in [0.4, 0.5) is 0 Å². The van der Waals surface area contributed by atoms with Gasteiger partial charge in [-0.3, -0.25) is 9.35 Å². The van der Waals surface area contributed by atoms with Crippen LogP contribution in [-0.4, -0.2) is 44.7 Å². The first-order valence-corrected chi connectivity index (χ1v) is 12.3. The standard InChI is InChI=1S/C22H25Cl2NO5S/c1-30-19-6-3-2-5-16(19)20(15-7-8-17(23)18(24)13-15)21(26)22(10-11-25-14-22)9-4-12-31(27,28)29/h2-3,5-8,13,20,25H,4,9-12,14H2,1H3,(H,27,28,29). The number of methoxy groups -OCH3 is 1. The van der Waals surface area contributed by atoms with Crippen LogP contribution in [0.25, 0.3) is 0 Å². The second-order valence-electron chi connectivity index (χ2n) is 7.81. The molecule has 31 heavy (non-hydrogen) atoms. The number of carbonyl (C=O) groups is 1. The summed E-state index contributed by atoms with van der Waals surface area (Å²) in [5.74, 6) is -0.521. The monoisotopic (exact) mass is 485 g/mol. The molecule has 1 fully saturated rings. The highest BCUT2D eigenvalue weighted by atomic mass is 35.5. The second kappa shape index (κ2) is 9.88. The van der Waals surface area contributed by atoms with Gasteiger partial charge in [0.1, 0.15) is 5.75 Å². The molecule has 0 bridgehead atoms. The molecule has 2 aromatic carbocycles. The molecule has 9 heteroatoms. The van der Waals surface area contributed by atoms with Crippen molar-refractivity contribution >= 4 is 39.1 Å². The molecule has 2 unspecified atom stereocenters. The molecule has 0 amide bonds. The number of hydrogen-bond donors (Lipinski definition) is 2. The quantitative estimate of drug-likeness (QED) is 0.512. The summed E-state index contributed by atoms with van der Waals surface area (Å²) >= 11 is 12.4. The van der Waals surface area contributed by atoms with E-state index in [1.54, 1.807) is 31.4 Å². The Morgan fingerprint density at radius 3 is 2.58 bits per heavy atom. The number of ether oxygens (including phenoxy) is 1. The molecular formula is C22H25Cl2NO5S. The molecule has 0 spiro atoms. The molecule has 1 saturated heterocycles. The Hall–Kier alpha value is -1.64. The van der Waals surface area contributed by atoms with Crippen molar-refractivity contribution in [3.05, 3.63) is 63.6 Å². The lowest BCUT2D eigenvalue weighted by atomic mass is 9.70. The molecule has 2 aromatic rings. The maximum absolute atomic E-state index is 14.1. The van der Waals surface area contributed by atoms with Crippen LogP contribution in [0.2, 0.25) is 10.0 Å². The molecule has 3 rings (SSSR count). The normalized spacial score (nSPS) is 19.9. The van der Waals surface area contributed by atoms with Gasteiger partial charge in [-0.1, -0.05) is 47.5 Å². The fraction of sp³-hybridized carbons (Fsp3) is 0.409. The molecular weight excluding hydrogens is 461 g/mol. The van der Waals surface area contributed by atoms with Gasteiger partial charge >= 0.3 is 0 Å². The summed E-state index contributed by atoms with van der Waals surface area (Å²) in [5.41, 5.74) is 0.613. The van der Waals surface area contributed by atoms with Gasteiger partial charge in [0.15, 0.2) is 5.78 Å². The SMILES string of the molecule is COc1ccccc1C(C(=O)C1(CCCS(=O)(=O)O)CCNC1)c1ccc(Cl)c(Cl)c1. The average molecular weight is 486 g/mol. The molecule has 1 heterocycles. The number of para-hydroxylation sites is 1. The smallest absolute Gasteiger partial charge is 0.264 e. The first kappa shape index (κ1) is 24.0. The van der Waals surface area contributed by atoms with Gasteiger partial charge in [-0.15, -0.1) is 0 Å². The van der Waals surface area contributed by atoms with Gasteiger partial charge in [-0.2, -0.15) is 8.42 Å². The topological polar surface area (TPSA) is 92.7 Å². The number of ketones is 1. The van der Waals surface area contributed by atoms with E-state index in [4.69, 9.17) is 32.5 Å². The Kier molecular flexibility index (Phi) is 7.65. The molecule has 0 aromatic heterocycles. The lowest BCUT2D eigenvalue weighted by Crippen LogP contribution is -2.38. The Labute approximate surface area is 192 Å². The summed E-state index contributed by atoms with van der Waals surface area (Å²) in [6, 6.07) is 12.4. The number of carbonyl (C=O) groups excluding carboxylic acids is 1. The highest BCUT2D eigenvalue weighted by molar-refractivity contribution is 7.85. The van der Waals surface area contributed by atoms with Gasteiger partial charge in [-0.05, 0) is 49.6 Å².